The highest BCUT2D eigenvalue weighted by Crippen LogP contribution is 2.43. The van der Waals surface area contributed by atoms with Gasteiger partial charge in [0.1, 0.15) is 28.2 Å². The fraction of sp³-hybridized carbons (Fsp3) is 0.0179. The zero-order chi connectivity index (χ0) is 40.0. The van der Waals surface area contributed by atoms with Gasteiger partial charge in [0.2, 0.25) is 0 Å². The van der Waals surface area contributed by atoms with Crippen LogP contribution in [0, 0.1) is 0 Å². The molecule has 11 aromatic rings. The molecule has 1 aliphatic carbocycles. The zero-order valence-electron chi connectivity index (χ0n) is 32.8. The third-order valence-electron chi connectivity index (χ3n) is 12.5. The molecule has 5 nitrogen and oxygen atoms in total. The minimum absolute atomic E-state index is 0.0718. The summed E-state index contributed by atoms with van der Waals surface area (Å²) in [5, 5.41) is 10.4. The number of allylic oxidation sites excluding steroid dienone is 2. The Kier molecular flexibility index (Phi) is 7.30. The molecule has 1 unspecified atom stereocenters. The van der Waals surface area contributed by atoms with Crippen LogP contribution in [0.2, 0.25) is 0 Å². The summed E-state index contributed by atoms with van der Waals surface area (Å²) in [6.07, 6.45) is 8.54. The lowest BCUT2D eigenvalue weighted by atomic mass is 9.94. The van der Waals surface area contributed by atoms with E-state index >= 15 is 0 Å². The van der Waals surface area contributed by atoms with Crippen LogP contribution in [-0.4, -0.2) is 16.4 Å². The molecule has 0 bridgehead atoms. The Morgan fingerprint density at radius 3 is 1.89 bits per heavy atom. The number of hydrogen-bond acceptors (Lipinski definition) is 4. The van der Waals surface area contributed by atoms with Gasteiger partial charge in [0.15, 0.2) is 0 Å². The second kappa shape index (κ2) is 13.2. The van der Waals surface area contributed by atoms with E-state index in [1.165, 1.54) is 5.57 Å². The summed E-state index contributed by atoms with van der Waals surface area (Å²) in [4.78, 5) is 5.16. The molecule has 8 aromatic carbocycles. The van der Waals surface area contributed by atoms with E-state index in [1.807, 2.05) is 24.3 Å². The lowest BCUT2D eigenvalue weighted by Crippen LogP contribution is -2.39. The van der Waals surface area contributed by atoms with E-state index in [0.29, 0.717) is 0 Å². The first-order valence-electron chi connectivity index (χ1n) is 20.7. The molecule has 0 radical (unpaired) electrons. The molecule has 4 heterocycles. The standard InChI is InChI=1S/C56H35N3O2/c1-2-10-36(11-3-1)54-44-14-4-7-15-47(44)57-56(58-54)37-20-18-34(19-21-37)35-22-26-40(27-23-35)59-48-29-24-38(39-25-31-52-45(32-39)42-13-6-8-16-50(42)60-52)33-46(48)53-49(59)30-28-43-41-12-5-9-17-51(41)61-55(43)53/h1-33,47H,(H,57,58). The number of rotatable bonds is 5. The summed E-state index contributed by atoms with van der Waals surface area (Å²) in [6.45, 7) is 0. The number of amidine groups is 1. The van der Waals surface area contributed by atoms with Crippen LogP contribution in [-0.2, 0) is 0 Å². The van der Waals surface area contributed by atoms with Crippen molar-refractivity contribution < 1.29 is 8.83 Å². The van der Waals surface area contributed by atoms with Crippen molar-refractivity contribution in [2.75, 3.05) is 0 Å². The third-order valence-corrected chi connectivity index (χ3v) is 12.5. The van der Waals surface area contributed by atoms with Crippen molar-refractivity contribution in [1.82, 2.24) is 9.88 Å². The molecule has 0 saturated heterocycles. The van der Waals surface area contributed by atoms with Crippen LogP contribution in [0.5, 0.6) is 0 Å². The molecule has 3 aromatic heterocycles. The molecule has 2 aliphatic rings. The number of para-hydroxylation sites is 2. The Hall–Kier alpha value is -8.15. The van der Waals surface area contributed by atoms with Gasteiger partial charge in [-0.3, -0.25) is 0 Å². The highest BCUT2D eigenvalue weighted by atomic mass is 16.3. The largest absolute Gasteiger partial charge is 0.456 e. The SMILES string of the molecule is C1=CC2=C(c3ccccc3)N=C(c3ccc(-c4ccc(-n5c6ccc(-c7ccc8oc9ccccc9c8c7)cc6c6c7oc8ccccc8c7ccc65)cc4)cc3)NC2C=C1. The van der Waals surface area contributed by atoms with Crippen LogP contribution in [0.1, 0.15) is 11.1 Å². The van der Waals surface area contributed by atoms with Gasteiger partial charge in [-0.05, 0) is 82.9 Å². The van der Waals surface area contributed by atoms with Gasteiger partial charge in [0.05, 0.1) is 28.2 Å². The quantitative estimate of drug-likeness (QED) is 0.189. The Balaban J connectivity index is 0.900. The summed E-state index contributed by atoms with van der Waals surface area (Å²) in [7, 11) is 0. The van der Waals surface area contributed by atoms with Gasteiger partial charge in [-0.2, -0.15) is 0 Å². The number of fused-ring (bicyclic) bond motifs is 11. The first kappa shape index (κ1) is 33.8. The second-order valence-electron chi connectivity index (χ2n) is 15.9. The molecule has 1 N–H and O–H groups in total. The van der Waals surface area contributed by atoms with Crippen LogP contribution >= 0.6 is 0 Å². The molecule has 0 saturated carbocycles. The molecule has 1 atom stereocenters. The number of hydrogen-bond donors (Lipinski definition) is 1. The van der Waals surface area contributed by atoms with Crippen molar-refractivity contribution >= 4 is 77.2 Å². The zero-order valence-corrected chi connectivity index (χ0v) is 32.8. The number of nitrogens with one attached hydrogen (secondary N) is 1. The molecule has 0 fully saturated rings. The summed E-state index contributed by atoms with van der Waals surface area (Å²) in [6, 6.07) is 62.5. The molecule has 286 valence electrons. The minimum atomic E-state index is 0.0718. The van der Waals surface area contributed by atoms with Crippen molar-refractivity contribution in [3.8, 4) is 27.9 Å². The van der Waals surface area contributed by atoms with Crippen LogP contribution < -0.4 is 5.32 Å². The highest BCUT2D eigenvalue weighted by molar-refractivity contribution is 6.24. The van der Waals surface area contributed by atoms with E-state index < -0.39 is 0 Å². The maximum absolute atomic E-state index is 6.70. The summed E-state index contributed by atoms with van der Waals surface area (Å²) in [5.74, 6) is 0.873. The van der Waals surface area contributed by atoms with Gasteiger partial charge in [-0.15, -0.1) is 0 Å². The Labute approximate surface area is 350 Å². The van der Waals surface area contributed by atoms with Crippen LogP contribution in [0.4, 0.5) is 0 Å². The Morgan fingerprint density at radius 1 is 0.459 bits per heavy atom. The average Bonchev–Trinajstić information content (AvgIpc) is 4.00. The normalized spacial score (nSPS) is 15.1. The molecular weight excluding hydrogens is 747 g/mol. The van der Waals surface area contributed by atoms with Crippen molar-refractivity contribution in [1.29, 1.82) is 0 Å². The Morgan fingerprint density at radius 2 is 1.08 bits per heavy atom. The van der Waals surface area contributed by atoms with Crippen LogP contribution in [0.3, 0.4) is 0 Å². The van der Waals surface area contributed by atoms with Gasteiger partial charge in [-0.1, -0.05) is 140 Å². The van der Waals surface area contributed by atoms with E-state index in [1.54, 1.807) is 0 Å². The second-order valence-corrected chi connectivity index (χ2v) is 15.9. The van der Waals surface area contributed by atoms with Gasteiger partial charge < -0.3 is 18.7 Å². The van der Waals surface area contributed by atoms with Crippen LogP contribution in [0.25, 0.3) is 99.3 Å². The molecule has 0 spiro atoms. The van der Waals surface area contributed by atoms with Gasteiger partial charge in [0, 0.05) is 49.3 Å². The topological polar surface area (TPSA) is 55.6 Å². The lowest BCUT2D eigenvalue weighted by molar-refractivity contribution is 0.669. The van der Waals surface area contributed by atoms with Crippen molar-refractivity contribution in [2.45, 2.75) is 6.04 Å². The predicted molar refractivity (Wildman–Crippen MR) is 251 cm³/mol. The maximum atomic E-state index is 6.70. The molecule has 61 heavy (non-hydrogen) atoms. The predicted octanol–water partition coefficient (Wildman–Crippen LogP) is 14.2. The number of nitrogens with zero attached hydrogens (tertiary/aromatic N) is 2. The van der Waals surface area contributed by atoms with Crippen LogP contribution in [0.15, 0.2) is 220 Å². The molecule has 1 aliphatic heterocycles. The smallest absolute Gasteiger partial charge is 0.145 e. The number of benzene rings is 8. The number of aromatic nitrogens is 1. The average molecular weight is 782 g/mol. The summed E-state index contributed by atoms with van der Waals surface area (Å²) < 4.78 is 15.2. The lowest BCUT2D eigenvalue weighted by Gasteiger charge is -2.28. The molecule has 5 heteroatoms. The van der Waals surface area contributed by atoms with E-state index in [0.717, 1.165) is 116 Å². The fourth-order valence-corrected chi connectivity index (χ4v) is 9.50. The maximum Gasteiger partial charge on any atom is 0.145 e. The first-order chi connectivity index (χ1) is 30.2. The van der Waals surface area contributed by atoms with Gasteiger partial charge >= 0.3 is 0 Å². The minimum Gasteiger partial charge on any atom is -0.456 e. The third kappa shape index (κ3) is 5.30. The molecule has 13 rings (SSSR count). The monoisotopic (exact) mass is 781 g/mol. The van der Waals surface area contributed by atoms with Crippen molar-refractivity contribution in [2.24, 2.45) is 4.99 Å². The van der Waals surface area contributed by atoms with Gasteiger partial charge in [-0.25, -0.2) is 4.99 Å². The Bertz CT molecular complexity index is 3710. The van der Waals surface area contributed by atoms with E-state index in [9.17, 15) is 0 Å². The van der Waals surface area contributed by atoms with Crippen molar-refractivity contribution in [3.05, 3.63) is 217 Å². The van der Waals surface area contributed by atoms with E-state index in [-0.39, 0.29) is 6.04 Å². The fourth-order valence-electron chi connectivity index (χ4n) is 9.50. The van der Waals surface area contributed by atoms with E-state index in [2.05, 4.69) is 186 Å². The summed E-state index contributed by atoms with van der Waals surface area (Å²) in [5.41, 5.74) is 15.8. The molecule has 0 amide bonds. The highest BCUT2D eigenvalue weighted by Gasteiger charge is 2.25. The number of aliphatic imine (C=N–C) groups is 1. The molecular formula is C56H35N3O2. The van der Waals surface area contributed by atoms with E-state index in [4.69, 9.17) is 13.8 Å². The van der Waals surface area contributed by atoms with Crippen molar-refractivity contribution in [3.63, 3.8) is 0 Å². The summed E-state index contributed by atoms with van der Waals surface area (Å²) >= 11 is 0. The first-order valence-corrected chi connectivity index (χ1v) is 20.7. The van der Waals surface area contributed by atoms with Gasteiger partial charge in [0.25, 0.3) is 0 Å². The number of furan rings is 2.